The Morgan fingerprint density at radius 1 is 0.379 bits per heavy atom. The number of fused-ring (bicyclic) bond motifs is 9. The Bertz CT molecular complexity index is 3340. The fourth-order valence-electron chi connectivity index (χ4n) is 9.63. The van der Waals surface area contributed by atoms with Crippen LogP contribution in [0.5, 0.6) is 0 Å². The lowest BCUT2D eigenvalue weighted by molar-refractivity contribution is 0.648. The summed E-state index contributed by atoms with van der Waals surface area (Å²) in [5.41, 5.74) is 14.2. The van der Waals surface area contributed by atoms with E-state index < -0.39 is 5.41 Å². The summed E-state index contributed by atoms with van der Waals surface area (Å²) in [7, 11) is 0. The van der Waals surface area contributed by atoms with Crippen LogP contribution in [-0.2, 0) is 5.41 Å². The molecule has 1 unspecified atom stereocenters. The number of thiophene rings is 1. The van der Waals surface area contributed by atoms with Crippen LogP contribution in [-0.4, -0.2) is 0 Å². The van der Waals surface area contributed by atoms with E-state index in [1.807, 2.05) is 11.3 Å². The van der Waals surface area contributed by atoms with Crippen LogP contribution in [0.3, 0.4) is 0 Å². The van der Waals surface area contributed by atoms with Crippen LogP contribution in [0.15, 0.2) is 217 Å². The molecule has 0 aliphatic heterocycles. The van der Waals surface area contributed by atoms with Crippen molar-refractivity contribution in [2.75, 3.05) is 4.90 Å². The number of nitrogens with zero attached hydrogens (tertiary/aromatic N) is 1. The van der Waals surface area contributed by atoms with Gasteiger partial charge < -0.3 is 9.32 Å². The van der Waals surface area contributed by atoms with Crippen molar-refractivity contribution in [3.05, 3.63) is 235 Å². The van der Waals surface area contributed by atoms with Crippen LogP contribution < -0.4 is 4.90 Å². The number of hydrogen-bond acceptors (Lipinski definition) is 3. The smallest absolute Gasteiger partial charge is 0.140 e. The van der Waals surface area contributed by atoms with Gasteiger partial charge in [0.25, 0.3) is 0 Å². The molecule has 0 spiro atoms. The van der Waals surface area contributed by atoms with Gasteiger partial charge in [-0.25, -0.2) is 0 Å². The van der Waals surface area contributed by atoms with Gasteiger partial charge >= 0.3 is 0 Å². The van der Waals surface area contributed by atoms with Gasteiger partial charge in [-0.3, -0.25) is 0 Å². The zero-order valence-corrected chi connectivity index (χ0v) is 32.3. The standard InChI is InChI=1S/C55H35NOS/c1-3-14-36(15-4-1)37-26-28-39(29-27-37)56(41-31-33-46-45-20-9-12-25-52(45)58-53(46)35-41)40-30-32-43-42-18-7-10-22-48(42)55(50(43)34-40,38-16-5-2-6-17-38)49-23-13-21-47-44-19-8-11-24-51(44)57-54(47)49/h1-35H. The highest BCUT2D eigenvalue weighted by Gasteiger charge is 2.48. The molecule has 0 saturated heterocycles. The Morgan fingerprint density at radius 3 is 1.84 bits per heavy atom. The Hall–Kier alpha value is -7.20. The summed E-state index contributed by atoms with van der Waals surface area (Å²) in [6.45, 7) is 0. The van der Waals surface area contributed by atoms with E-state index in [0.29, 0.717) is 0 Å². The van der Waals surface area contributed by atoms with Crippen LogP contribution in [0.2, 0.25) is 0 Å². The number of anilines is 3. The fraction of sp³-hybridized carbons (Fsp3) is 0.0182. The highest BCUT2D eigenvalue weighted by molar-refractivity contribution is 7.25. The topological polar surface area (TPSA) is 16.4 Å². The van der Waals surface area contributed by atoms with E-state index in [4.69, 9.17) is 4.42 Å². The molecule has 1 aliphatic carbocycles. The second-order valence-electron chi connectivity index (χ2n) is 15.2. The van der Waals surface area contributed by atoms with Crippen LogP contribution in [0, 0.1) is 0 Å². The first-order valence-electron chi connectivity index (χ1n) is 19.8. The minimum absolute atomic E-state index is 0.658. The molecule has 12 rings (SSSR count). The normalized spacial score (nSPS) is 14.6. The molecule has 0 bridgehead atoms. The lowest BCUT2D eigenvalue weighted by atomic mass is 9.67. The molecule has 9 aromatic carbocycles. The highest BCUT2D eigenvalue weighted by atomic mass is 32.1. The second-order valence-corrected chi connectivity index (χ2v) is 16.3. The molecule has 0 saturated carbocycles. The van der Waals surface area contributed by atoms with Crippen molar-refractivity contribution in [3.8, 4) is 22.3 Å². The Morgan fingerprint density at radius 2 is 0.983 bits per heavy atom. The molecule has 2 heterocycles. The second kappa shape index (κ2) is 12.9. The van der Waals surface area contributed by atoms with Gasteiger partial charge in [-0.1, -0.05) is 164 Å². The first kappa shape index (κ1) is 33.0. The summed E-state index contributed by atoms with van der Waals surface area (Å²) < 4.78 is 9.47. The largest absolute Gasteiger partial charge is 0.456 e. The molecule has 2 nitrogen and oxygen atoms in total. The summed E-state index contributed by atoms with van der Waals surface area (Å²) in [6.07, 6.45) is 0. The van der Waals surface area contributed by atoms with Gasteiger partial charge in [0.1, 0.15) is 11.2 Å². The van der Waals surface area contributed by atoms with E-state index in [9.17, 15) is 0 Å². The zero-order valence-electron chi connectivity index (χ0n) is 31.5. The van der Waals surface area contributed by atoms with Crippen LogP contribution in [0.4, 0.5) is 17.1 Å². The molecule has 272 valence electrons. The van der Waals surface area contributed by atoms with Gasteiger partial charge in [0, 0.05) is 53.6 Å². The third kappa shape index (κ3) is 4.84. The van der Waals surface area contributed by atoms with Gasteiger partial charge in [-0.2, -0.15) is 0 Å². The SMILES string of the molecule is c1ccc(-c2ccc(N(c3ccc4c(c3)C(c3ccccc3)(c3cccc5c3oc3ccccc35)c3ccccc3-4)c3ccc4c(c3)sc3ccccc34)cc2)cc1. The summed E-state index contributed by atoms with van der Waals surface area (Å²) in [5, 5.41) is 4.84. The molecular formula is C55H35NOS. The van der Waals surface area contributed by atoms with E-state index in [-0.39, 0.29) is 0 Å². The molecule has 0 fully saturated rings. The maximum atomic E-state index is 6.89. The molecule has 11 aromatic rings. The Labute approximate surface area is 340 Å². The molecule has 0 radical (unpaired) electrons. The molecule has 0 amide bonds. The number of furan rings is 1. The first-order chi connectivity index (χ1) is 28.8. The van der Waals surface area contributed by atoms with Gasteiger partial charge in [0.05, 0.1) is 5.41 Å². The van der Waals surface area contributed by atoms with Crippen LogP contribution in [0.25, 0.3) is 64.4 Å². The van der Waals surface area contributed by atoms with E-state index in [1.165, 1.54) is 59.1 Å². The van der Waals surface area contributed by atoms with Crippen molar-refractivity contribution in [1.29, 1.82) is 0 Å². The predicted molar refractivity (Wildman–Crippen MR) is 244 cm³/mol. The van der Waals surface area contributed by atoms with E-state index in [1.54, 1.807) is 0 Å². The van der Waals surface area contributed by atoms with Crippen LogP contribution >= 0.6 is 11.3 Å². The summed E-state index contributed by atoms with van der Waals surface area (Å²) in [5.74, 6) is 0. The third-order valence-corrected chi connectivity index (χ3v) is 13.3. The average Bonchev–Trinajstić information content (AvgIpc) is 3.95. The van der Waals surface area contributed by atoms with Crippen molar-refractivity contribution < 1.29 is 4.42 Å². The molecule has 58 heavy (non-hydrogen) atoms. The Balaban J connectivity index is 1.13. The number of hydrogen-bond donors (Lipinski definition) is 0. The maximum Gasteiger partial charge on any atom is 0.140 e. The zero-order chi connectivity index (χ0) is 38.2. The van der Waals surface area contributed by atoms with Crippen molar-refractivity contribution in [3.63, 3.8) is 0 Å². The van der Waals surface area contributed by atoms with Crippen molar-refractivity contribution in [2.45, 2.75) is 5.41 Å². The molecule has 0 N–H and O–H groups in total. The maximum absolute atomic E-state index is 6.89. The van der Waals surface area contributed by atoms with Crippen molar-refractivity contribution in [2.24, 2.45) is 0 Å². The summed E-state index contributed by atoms with van der Waals surface area (Å²) in [4.78, 5) is 2.43. The van der Waals surface area contributed by atoms with Crippen molar-refractivity contribution in [1.82, 2.24) is 0 Å². The van der Waals surface area contributed by atoms with Crippen molar-refractivity contribution >= 4 is 70.5 Å². The van der Waals surface area contributed by atoms with Gasteiger partial charge in [-0.05, 0) is 87.5 Å². The minimum Gasteiger partial charge on any atom is -0.456 e. The van der Waals surface area contributed by atoms with Gasteiger partial charge in [-0.15, -0.1) is 11.3 Å². The van der Waals surface area contributed by atoms with E-state index in [2.05, 4.69) is 217 Å². The Kier molecular flexibility index (Phi) is 7.35. The van der Waals surface area contributed by atoms with Gasteiger partial charge in [0.2, 0.25) is 0 Å². The van der Waals surface area contributed by atoms with E-state index in [0.717, 1.165) is 44.6 Å². The monoisotopic (exact) mass is 757 g/mol. The predicted octanol–water partition coefficient (Wildman–Crippen LogP) is 15.5. The molecule has 2 aromatic heterocycles. The third-order valence-electron chi connectivity index (χ3n) is 12.2. The molecular weight excluding hydrogens is 723 g/mol. The highest BCUT2D eigenvalue weighted by Crippen LogP contribution is 2.59. The lowest BCUT2D eigenvalue weighted by Gasteiger charge is -2.35. The van der Waals surface area contributed by atoms with Gasteiger partial charge in [0.15, 0.2) is 0 Å². The number of benzene rings is 9. The summed E-state index contributed by atoms with van der Waals surface area (Å²) in [6, 6.07) is 77.5. The number of rotatable bonds is 6. The number of para-hydroxylation sites is 2. The van der Waals surface area contributed by atoms with Crippen LogP contribution in [0.1, 0.15) is 22.3 Å². The minimum atomic E-state index is -0.658. The fourth-order valence-corrected chi connectivity index (χ4v) is 10.8. The quantitative estimate of drug-likeness (QED) is 0.168. The molecule has 1 aliphatic rings. The lowest BCUT2D eigenvalue weighted by Crippen LogP contribution is -2.29. The van der Waals surface area contributed by atoms with E-state index >= 15 is 0 Å². The molecule has 3 heteroatoms. The molecule has 1 atom stereocenters. The summed E-state index contributed by atoms with van der Waals surface area (Å²) >= 11 is 1.85. The average molecular weight is 758 g/mol. The first-order valence-corrected chi connectivity index (χ1v) is 20.6.